The quantitative estimate of drug-likeness (QED) is 0.820. The zero-order valence-corrected chi connectivity index (χ0v) is 14.8. The fourth-order valence-corrected chi connectivity index (χ4v) is 3.07. The Hall–Kier alpha value is -1.75. The van der Waals surface area contributed by atoms with Crippen molar-refractivity contribution >= 4 is 11.6 Å². The standard InChI is InChI=1S/C19H22ClNO3/c1-22-17-8-5-15(18(11-17)23-2)12-21-9-10-24-19(13-21)14-3-6-16(20)7-4-14/h3-8,11,19H,9-10,12-13H2,1-2H3/t19-/m0/s1. The summed E-state index contributed by atoms with van der Waals surface area (Å²) in [5, 5.41) is 0.745. The highest BCUT2D eigenvalue weighted by atomic mass is 35.5. The molecule has 2 aromatic rings. The fourth-order valence-electron chi connectivity index (χ4n) is 2.95. The highest BCUT2D eigenvalue weighted by Gasteiger charge is 2.23. The van der Waals surface area contributed by atoms with Crippen LogP contribution >= 0.6 is 11.6 Å². The molecule has 0 aliphatic carbocycles. The Bertz CT molecular complexity index is 675. The first-order chi connectivity index (χ1) is 11.7. The van der Waals surface area contributed by atoms with E-state index >= 15 is 0 Å². The van der Waals surface area contributed by atoms with Gasteiger partial charge in [-0.2, -0.15) is 0 Å². The van der Waals surface area contributed by atoms with Crippen molar-refractivity contribution in [3.8, 4) is 11.5 Å². The molecule has 0 bridgehead atoms. The molecular formula is C19H22ClNO3. The first kappa shape index (κ1) is 17.1. The van der Waals surface area contributed by atoms with Crippen LogP contribution in [0.1, 0.15) is 17.2 Å². The zero-order chi connectivity index (χ0) is 16.9. The second-order valence-electron chi connectivity index (χ2n) is 5.82. The summed E-state index contributed by atoms with van der Waals surface area (Å²) in [6, 6.07) is 13.8. The summed E-state index contributed by atoms with van der Waals surface area (Å²) < 4.78 is 16.7. The van der Waals surface area contributed by atoms with E-state index in [0.29, 0.717) is 6.61 Å². The number of methoxy groups -OCH3 is 2. The number of benzene rings is 2. The lowest BCUT2D eigenvalue weighted by atomic mass is 10.1. The smallest absolute Gasteiger partial charge is 0.127 e. The largest absolute Gasteiger partial charge is 0.497 e. The van der Waals surface area contributed by atoms with Crippen molar-refractivity contribution in [3.05, 3.63) is 58.6 Å². The molecule has 0 N–H and O–H groups in total. The maximum absolute atomic E-state index is 5.97. The summed E-state index contributed by atoms with van der Waals surface area (Å²) in [5.74, 6) is 1.65. The maximum atomic E-state index is 5.97. The van der Waals surface area contributed by atoms with Gasteiger partial charge in [0.1, 0.15) is 11.5 Å². The number of rotatable bonds is 5. The van der Waals surface area contributed by atoms with Crippen molar-refractivity contribution < 1.29 is 14.2 Å². The van der Waals surface area contributed by atoms with Gasteiger partial charge in [-0.3, -0.25) is 4.90 Å². The van der Waals surface area contributed by atoms with E-state index < -0.39 is 0 Å². The molecule has 0 aromatic heterocycles. The second-order valence-corrected chi connectivity index (χ2v) is 6.26. The van der Waals surface area contributed by atoms with Gasteiger partial charge in [-0.05, 0) is 23.8 Å². The minimum atomic E-state index is 0.0697. The molecule has 0 radical (unpaired) electrons. The van der Waals surface area contributed by atoms with Gasteiger partial charge in [0.25, 0.3) is 0 Å². The molecule has 1 saturated heterocycles. The van der Waals surface area contributed by atoms with E-state index in [1.54, 1.807) is 14.2 Å². The van der Waals surface area contributed by atoms with Gasteiger partial charge in [0.15, 0.2) is 0 Å². The van der Waals surface area contributed by atoms with Crippen LogP contribution in [0.2, 0.25) is 5.02 Å². The Kier molecular flexibility index (Phi) is 5.61. The third-order valence-electron chi connectivity index (χ3n) is 4.28. The van der Waals surface area contributed by atoms with Gasteiger partial charge in [0.2, 0.25) is 0 Å². The molecule has 5 heteroatoms. The van der Waals surface area contributed by atoms with Crippen LogP contribution in [0, 0.1) is 0 Å². The molecule has 128 valence electrons. The normalized spacial score (nSPS) is 18.4. The van der Waals surface area contributed by atoms with Crippen LogP contribution in [0.25, 0.3) is 0 Å². The maximum Gasteiger partial charge on any atom is 0.127 e. The Labute approximate surface area is 147 Å². The number of ether oxygens (including phenoxy) is 3. The van der Waals surface area contributed by atoms with Crippen LogP contribution in [0.3, 0.4) is 0 Å². The minimum Gasteiger partial charge on any atom is -0.497 e. The molecule has 1 heterocycles. The Morgan fingerprint density at radius 1 is 1.12 bits per heavy atom. The number of nitrogens with zero attached hydrogens (tertiary/aromatic N) is 1. The molecule has 0 saturated carbocycles. The predicted molar refractivity (Wildman–Crippen MR) is 95.0 cm³/mol. The Morgan fingerprint density at radius 3 is 2.62 bits per heavy atom. The summed E-state index contributed by atoms with van der Waals surface area (Å²) in [5.41, 5.74) is 2.31. The van der Waals surface area contributed by atoms with Crippen LogP contribution in [0.15, 0.2) is 42.5 Å². The van der Waals surface area contributed by atoms with Crippen molar-refractivity contribution in [2.75, 3.05) is 33.9 Å². The van der Waals surface area contributed by atoms with Crippen LogP contribution in [-0.4, -0.2) is 38.8 Å². The number of hydrogen-bond acceptors (Lipinski definition) is 4. The molecule has 4 nitrogen and oxygen atoms in total. The molecule has 24 heavy (non-hydrogen) atoms. The lowest BCUT2D eigenvalue weighted by Crippen LogP contribution is -2.37. The Morgan fingerprint density at radius 2 is 1.92 bits per heavy atom. The molecule has 0 spiro atoms. The van der Waals surface area contributed by atoms with Crippen molar-refractivity contribution in [1.82, 2.24) is 4.90 Å². The minimum absolute atomic E-state index is 0.0697. The topological polar surface area (TPSA) is 30.9 Å². The molecule has 0 amide bonds. The third-order valence-corrected chi connectivity index (χ3v) is 4.53. The van der Waals surface area contributed by atoms with E-state index in [0.717, 1.165) is 47.3 Å². The van der Waals surface area contributed by atoms with Crippen LogP contribution in [0.5, 0.6) is 11.5 Å². The lowest BCUT2D eigenvalue weighted by Gasteiger charge is -2.33. The van der Waals surface area contributed by atoms with Gasteiger partial charge in [0.05, 0.1) is 26.9 Å². The first-order valence-electron chi connectivity index (χ1n) is 8.00. The van der Waals surface area contributed by atoms with Crippen molar-refractivity contribution in [2.45, 2.75) is 12.6 Å². The van der Waals surface area contributed by atoms with Crippen molar-refractivity contribution in [2.24, 2.45) is 0 Å². The van der Waals surface area contributed by atoms with Crippen LogP contribution < -0.4 is 9.47 Å². The molecule has 1 aliphatic heterocycles. The SMILES string of the molecule is COc1ccc(CN2CCO[C@H](c3ccc(Cl)cc3)C2)c(OC)c1. The van der Waals surface area contributed by atoms with E-state index in [-0.39, 0.29) is 6.10 Å². The predicted octanol–water partition coefficient (Wildman–Crippen LogP) is 3.93. The van der Waals surface area contributed by atoms with Gasteiger partial charge in [-0.15, -0.1) is 0 Å². The van der Waals surface area contributed by atoms with Gasteiger partial charge >= 0.3 is 0 Å². The third kappa shape index (κ3) is 4.01. The molecule has 1 aliphatic rings. The Balaban J connectivity index is 1.70. The van der Waals surface area contributed by atoms with Crippen molar-refractivity contribution in [1.29, 1.82) is 0 Å². The number of halogens is 1. The van der Waals surface area contributed by atoms with Crippen LogP contribution in [0.4, 0.5) is 0 Å². The van der Waals surface area contributed by atoms with Gasteiger partial charge in [-0.1, -0.05) is 29.8 Å². The monoisotopic (exact) mass is 347 g/mol. The average molecular weight is 348 g/mol. The molecular weight excluding hydrogens is 326 g/mol. The summed E-state index contributed by atoms with van der Waals surface area (Å²) in [6.45, 7) is 3.28. The summed E-state index contributed by atoms with van der Waals surface area (Å²) in [4.78, 5) is 2.38. The van der Waals surface area contributed by atoms with E-state index in [1.165, 1.54) is 0 Å². The lowest BCUT2D eigenvalue weighted by molar-refractivity contribution is -0.0331. The van der Waals surface area contributed by atoms with Crippen LogP contribution in [-0.2, 0) is 11.3 Å². The summed E-state index contributed by atoms with van der Waals surface area (Å²) in [6.07, 6.45) is 0.0697. The van der Waals surface area contributed by atoms with Gasteiger partial charge < -0.3 is 14.2 Å². The summed E-state index contributed by atoms with van der Waals surface area (Å²) in [7, 11) is 3.35. The molecule has 0 unspecified atom stereocenters. The molecule has 1 atom stereocenters. The first-order valence-corrected chi connectivity index (χ1v) is 8.37. The summed E-state index contributed by atoms with van der Waals surface area (Å²) >= 11 is 5.97. The zero-order valence-electron chi connectivity index (χ0n) is 14.0. The van der Waals surface area contributed by atoms with Gasteiger partial charge in [0, 0.05) is 36.3 Å². The molecule has 2 aromatic carbocycles. The number of hydrogen-bond donors (Lipinski definition) is 0. The van der Waals surface area contributed by atoms with E-state index in [9.17, 15) is 0 Å². The van der Waals surface area contributed by atoms with E-state index in [2.05, 4.69) is 11.0 Å². The second kappa shape index (κ2) is 7.88. The highest BCUT2D eigenvalue weighted by molar-refractivity contribution is 6.30. The number of morpholine rings is 1. The average Bonchev–Trinajstić information content (AvgIpc) is 2.63. The molecule has 3 rings (SSSR count). The fraction of sp³-hybridized carbons (Fsp3) is 0.368. The van der Waals surface area contributed by atoms with Gasteiger partial charge in [-0.25, -0.2) is 0 Å². The van der Waals surface area contributed by atoms with E-state index in [4.69, 9.17) is 25.8 Å². The molecule has 1 fully saturated rings. The van der Waals surface area contributed by atoms with Crippen molar-refractivity contribution in [3.63, 3.8) is 0 Å². The van der Waals surface area contributed by atoms with E-state index in [1.807, 2.05) is 36.4 Å². The highest BCUT2D eigenvalue weighted by Crippen LogP contribution is 2.28.